The standard InChI is InChI=1S/C26H18N8O/c1-16-20-21(18-6-5-11-28-14-18)22-24-30-23(17-9-12-27-13-10-17)32-33(24)15-29-25(22)35-26(20)34(31-16)19-7-3-2-4-8-19/h2-15,21H,1H3. The summed E-state index contributed by atoms with van der Waals surface area (Å²) < 4.78 is 9.96. The van der Waals surface area contributed by atoms with Crippen LogP contribution in [0.3, 0.4) is 0 Å². The van der Waals surface area contributed by atoms with E-state index in [0.717, 1.165) is 33.6 Å². The molecule has 35 heavy (non-hydrogen) atoms. The van der Waals surface area contributed by atoms with E-state index in [1.165, 1.54) is 0 Å². The number of fused-ring (bicyclic) bond motifs is 4. The van der Waals surface area contributed by atoms with Crippen LogP contribution in [0.25, 0.3) is 22.7 Å². The first kappa shape index (κ1) is 19.5. The number of aryl methyl sites for hydroxylation is 1. The van der Waals surface area contributed by atoms with Gasteiger partial charge in [-0.05, 0) is 42.8 Å². The fourth-order valence-corrected chi connectivity index (χ4v) is 4.63. The fourth-order valence-electron chi connectivity index (χ4n) is 4.63. The molecule has 1 atom stereocenters. The number of para-hydroxylation sites is 1. The molecule has 0 amide bonds. The maximum Gasteiger partial charge on any atom is 0.230 e. The van der Waals surface area contributed by atoms with E-state index >= 15 is 0 Å². The summed E-state index contributed by atoms with van der Waals surface area (Å²) in [7, 11) is 0. The number of aromatic nitrogens is 8. The smallest absolute Gasteiger partial charge is 0.230 e. The second-order valence-corrected chi connectivity index (χ2v) is 8.28. The van der Waals surface area contributed by atoms with Gasteiger partial charge in [-0.1, -0.05) is 24.3 Å². The van der Waals surface area contributed by atoms with Gasteiger partial charge in [0, 0.05) is 30.4 Å². The summed E-state index contributed by atoms with van der Waals surface area (Å²) in [4.78, 5) is 18.0. The zero-order chi connectivity index (χ0) is 23.4. The van der Waals surface area contributed by atoms with E-state index in [0.29, 0.717) is 23.2 Å². The molecule has 1 aliphatic rings. The van der Waals surface area contributed by atoms with E-state index in [1.807, 2.05) is 66.3 Å². The second kappa shape index (κ2) is 7.56. The predicted molar refractivity (Wildman–Crippen MR) is 128 cm³/mol. The molecule has 9 heteroatoms. The molecule has 0 radical (unpaired) electrons. The molecule has 5 aromatic heterocycles. The van der Waals surface area contributed by atoms with Gasteiger partial charge in [0.1, 0.15) is 6.33 Å². The van der Waals surface area contributed by atoms with Gasteiger partial charge in [-0.25, -0.2) is 19.2 Å². The molecule has 9 nitrogen and oxygen atoms in total. The van der Waals surface area contributed by atoms with E-state index in [1.54, 1.807) is 29.4 Å². The Labute approximate surface area is 199 Å². The summed E-state index contributed by atoms with van der Waals surface area (Å²) in [6.45, 7) is 2.00. The minimum atomic E-state index is -0.231. The lowest BCUT2D eigenvalue weighted by atomic mass is 9.85. The van der Waals surface area contributed by atoms with Crippen molar-refractivity contribution in [3.63, 3.8) is 0 Å². The van der Waals surface area contributed by atoms with Gasteiger partial charge in [0.2, 0.25) is 11.8 Å². The first-order chi connectivity index (χ1) is 17.3. The summed E-state index contributed by atoms with van der Waals surface area (Å²) in [5, 5.41) is 9.52. The van der Waals surface area contributed by atoms with Crippen molar-refractivity contribution in [3.05, 3.63) is 108 Å². The third kappa shape index (κ3) is 3.02. The Balaban J connectivity index is 1.50. The van der Waals surface area contributed by atoms with Crippen molar-refractivity contribution in [2.45, 2.75) is 12.8 Å². The van der Waals surface area contributed by atoms with Crippen LogP contribution in [-0.2, 0) is 0 Å². The Morgan fingerprint density at radius 3 is 2.51 bits per heavy atom. The van der Waals surface area contributed by atoms with Gasteiger partial charge in [0.25, 0.3) is 0 Å². The molecule has 1 unspecified atom stereocenters. The molecule has 0 N–H and O–H groups in total. The number of pyridine rings is 2. The number of hydrogen-bond acceptors (Lipinski definition) is 7. The average Bonchev–Trinajstić information content (AvgIpc) is 3.50. The van der Waals surface area contributed by atoms with Crippen molar-refractivity contribution >= 4 is 5.65 Å². The van der Waals surface area contributed by atoms with Gasteiger partial charge >= 0.3 is 0 Å². The van der Waals surface area contributed by atoms with Crippen molar-refractivity contribution < 1.29 is 4.74 Å². The maximum atomic E-state index is 6.44. The number of hydrogen-bond donors (Lipinski definition) is 0. The van der Waals surface area contributed by atoms with Crippen LogP contribution in [0, 0.1) is 6.92 Å². The quantitative estimate of drug-likeness (QED) is 0.388. The fraction of sp³-hybridized carbons (Fsp3) is 0.0769. The molecule has 1 aromatic carbocycles. The van der Waals surface area contributed by atoms with Crippen LogP contribution < -0.4 is 4.74 Å². The number of benzene rings is 1. The van der Waals surface area contributed by atoms with Gasteiger partial charge < -0.3 is 4.74 Å². The van der Waals surface area contributed by atoms with Crippen molar-refractivity contribution in [1.29, 1.82) is 0 Å². The van der Waals surface area contributed by atoms with Crippen molar-refractivity contribution in [1.82, 2.24) is 39.3 Å². The van der Waals surface area contributed by atoms with Crippen molar-refractivity contribution in [2.75, 3.05) is 0 Å². The normalized spacial score (nSPS) is 14.4. The highest BCUT2D eigenvalue weighted by atomic mass is 16.5. The van der Waals surface area contributed by atoms with Gasteiger partial charge in [-0.15, -0.1) is 5.10 Å². The summed E-state index contributed by atoms with van der Waals surface area (Å²) in [5.74, 6) is 1.48. The Bertz CT molecular complexity index is 1680. The molecule has 0 saturated heterocycles. The molecule has 0 aliphatic carbocycles. The lowest BCUT2D eigenvalue weighted by molar-refractivity contribution is 0.402. The number of nitrogens with zero attached hydrogens (tertiary/aromatic N) is 8. The Morgan fingerprint density at radius 1 is 0.857 bits per heavy atom. The first-order valence-electron chi connectivity index (χ1n) is 11.2. The van der Waals surface area contributed by atoms with E-state index in [9.17, 15) is 0 Å². The third-order valence-electron chi connectivity index (χ3n) is 6.18. The molecule has 0 bridgehead atoms. The monoisotopic (exact) mass is 458 g/mol. The van der Waals surface area contributed by atoms with Crippen molar-refractivity contribution in [3.8, 4) is 28.8 Å². The third-order valence-corrected chi connectivity index (χ3v) is 6.18. The van der Waals surface area contributed by atoms with Gasteiger partial charge in [0.15, 0.2) is 11.5 Å². The SMILES string of the molecule is Cc1nn(-c2ccccc2)c2c1C(c1cccnc1)c1c(ncn3nc(-c4ccncc4)nc13)O2. The summed E-state index contributed by atoms with van der Waals surface area (Å²) in [6.07, 6.45) is 8.72. The number of ether oxygens (including phenoxy) is 1. The van der Waals surface area contributed by atoms with Crippen molar-refractivity contribution in [2.24, 2.45) is 0 Å². The first-order valence-corrected chi connectivity index (χ1v) is 11.2. The Kier molecular flexibility index (Phi) is 4.22. The second-order valence-electron chi connectivity index (χ2n) is 8.28. The largest absolute Gasteiger partial charge is 0.420 e. The molecule has 0 spiro atoms. The van der Waals surface area contributed by atoms with Crippen LogP contribution in [0.2, 0.25) is 0 Å². The summed E-state index contributed by atoms with van der Waals surface area (Å²) in [6, 6.07) is 17.7. The Hall–Kier alpha value is -4.92. The van der Waals surface area contributed by atoms with Crippen LogP contribution in [0.1, 0.15) is 28.3 Å². The van der Waals surface area contributed by atoms with Crippen LogP contribution in [0.5, 0.6) is 11.8 Å². The van der Waals surface area contributed by atoms with Gasteiger partial charge in [-0.3, -0.25) is 9.97 Å². The lowest BCUT2D eigenvalue weighted by Gasteiger charge is -2.26. The van der Waals surface area contributed by atoms with E-state index in [-0.39, 0.29) is 5.92 Å². The molecule has 1 aliphatic heterocycles. The highest BCUT2D eigenvalue weighted by Gasteiger charge is 2.38. The zero-order valence-electron chi connectivity index (χ0n) is 18.6. The highest BCUT2D eigenvalue weighted by Crippen LogP contribution is 2.49. The van der Waals surface area contributed by atoms with Gasteiger partial charge in [-0.2, -0.15) is 5.10 Å². The molecular formula is C26H18N8O. The van der Waals surface area contributed by atoms with Crippen LogP contribution in [0.15, 0.2) is 85.7 Å². The molecule has 7 rings (SSSR count). The number of rotatable bonds is 3. The van der Waals surface area contributed by atoms with Gasteiger partial charge in [0.05, 0.1) is 28.4 Å². The maximum absolute atomic E-state index is 6.44. The van der Waals surface area contributed by atoms with Crippen LogP contribution in [0.4, 0.5) is 0 Å². The molecule has 168 valence electrons. The highest BCUT2D eigenvalue weighted by molar-refractivity contribution is 5.68. The Morgan fingerprint density at radius 2 is 1.71 bits per heavy atom. The molecular weight excluding hydrogens is 440 g/mol. The minimum absolute atomic E-state index is 0.231. The molecule has 0 fully saturated rings. The van der Waals surface area contributed by atoms with E-state index < -0.39 is 0 Å². The van der Waals surface area contributed by atoms with E-state index in [2.05, 4.69) is 26.1 Å². The summed E-state index contributed by atoms with van der Waals surface area (Å²) >= 11 is 0. The molecule has 6 heterocycles. The molecule has 6 aromatic rings. The van der Waals surface area contributed by atoms with E-state index in [4.69, 9.17) is 14.8 Å². The zero-order valence-corrected chi connectivity index (χ0v) is 18.6. The molecule has 0 saturated carbocycles. The van der Waals surface area contributed by atoms with Crippen LogP contribution in [-0.4, -0.2) is 39.3 Å². The van der Waals surface area contributed by atoms with Crippen LogP contribution >= 0.6 is 0 Å². The topological polar surface area (TPSA) is 95.9 Å². The summed E-state index contributed by atoms with van der Waals surface area (Å²) in [5.41, 5.74) is 6.11. The lowest BCUT2D eigenvalue weighted by Crippen LogP contribution is -2.16. The predicted octanol–water partition coefficient (Wildman–Crippen LogP) is 4.36. The average molecular weight is 458 g/mol. The minimum Gasteiger partial charge on any atom is -0.420 e.